The van der Waals surface area contributed by atoms with Crippen LogP contribution >= 0.6 is 12.4 Å². The maximum Gasteiger partial charge on any atom is 0.220 e. The van der Waals surface area contributed by atoms with Gasteiger partial charge in [0.1, 0.15) is 0 Å². The number of benzene rings is 1. The van der Waals surface area contributed by atoms with Gasteiger partial charge >= 0.3 is 0 Å². The minimum atomic E-state index is -3.18. The van der Waals surface area contributed by atoms with E-state index in [1.165, 1.54) is 6.26 Å². The van der Waals surface area contributed by atoms with E-state index in [-0.39, 0.29) is 29.3 Å². The Kier molecular flexibility index (Phi) is 10.1. The number of amides is 1. The Labute approximate surface area is 145 Å². The molecule has 0 bridgehead atoms. The van der Waals surface area contributed by atoms with Gasteiger partial charge in [0.05, 0.1) is 10.9 Å². The maximum absolute atomic E-state index is 11.9. The lowest BCUT2D eigenvalue weighted by atomic mass is 10.1. The number of nitrogens with one attached hydrogen (secondary N) is 1. The first-order valence-corrected chi connectivity index (χ1v) is 9.53. The number of unbranched alkanes of at least 4 members (excludes halogenated alkanes) is 3. The van der Waals surface area contributed by atoms with E-state index >= 15 is 0 Å². The van der Waals surface area contributed by atoms with E-state index in [1.807, 2.05) is 6.92 Å². The molecule has 1 amide bonds. The van der Waals surface area contributed by atoms with Crippen molar-refractivity contribution in [2.75, 3.05) is 12.8 Å². The van der Waals surface area contributed by atoms with Crippen molar-refractivity contribution in [1.82, 2.24) is 5.32 Å². The van der Waals surface area contributed by atoms with Gasteiger partial charge in [-0.2, -0.15) is 0 Å². The quantitative estimate of drug-likeness (QED) is 0.661. The molecule has 1 unspecified atom stereocenters. The first-order chi connectivity index (χ1) is 10.3. The summed E-state index contributed by atoms with van der Waals surface area (Å²) in [5.74, 6) is 0.0208. The summed E-state index contributed by atoms with van der Waals surface area (Å²) < 4.78 is 22.8. The Morgan fingerprint density at radius 1 is 1.13 bits per heavy atom. The van der Waals surface area contributed by atoms with Crippen molar-refractivity contribution in [2.24, 2.45) is 5.73 Å². The number of hydrogen-bond acceptors (Lipinski definition) is 4. The van der Waals surface area contributed by atoms with E-state index in [4.69, 9.17) is 5.73 Å². The zero-order valence-corrected chi connectivity index (χ0v) is 15.4. The van der Waals surface area contributed by atoms with Crippen molar-refractivity contribution in [3.05, 3.63) is 29.8 Å². The number of sulfone groups is 1. The largest absolute Gasteiger partial charge is 0.350 e. The van der Waals surface area contributed by atoms with Gasteiger partial charge in [-0.25, -0.2) is 8.42 Å². The lowest BCUT2D eigenvalue weighted by Gasteiger charge is -2.14. The van der Waals surface area contributed by atoms with Crippen molar-refractivity contribution in [1.29, 1.82) is 0 Å². The molecule has 0 saturated heterocycles. The van der Waals surface area contributed by atoms with Gasteiger partial charge in [-0.05, 0) is 44.0 Å². The van der Waals surface area contributed by atoms with Crippen LogP contribution in [-0.4, -0.2) is 27.1 Å². The molecule has 0 spiro atoms. The minimum absolute atomic E-state index is 0. The highest BCUT2D eigenvalue weighted by Crippen LogP contribution is 2.16. The molecule has 3 N–H and O–H groups in total. The summed E-state index contributed by atoms with van der Waals surface area (Å²) in [4.78, 5) is 12.1. The standard InChI is InChI=1S/C16H26N2O3S.ClH/c1-13(18-16(19)7-5-3-4-6-12-17)14-8-10-15(11-9-14)22(2,20)21;/h8-11,13H,3-7,12,17H2,1-2H3,(H,18,19);1H. The van der Waals surface area contributed by atoms with Crippen LogP contribution in [0.4, 0.5) is 0 Å². The fourth-order valence-corrected chi connectivity index (χ4v) is 2.81. The first kappa shape index (κ1) is 21.9. The Balaban J connectivity index is 0.00000484. The average Bonchev–Trinajstić information content (AvgIpc) is 2.46. The molecule has 0 radical (unpaired) electrons. The van der Waals surface area contributed by atoms with E-state index in [0.29, 0.717) is 13.0 Å². The summed E-state index contributed by atoms with van der Waals surface area (Å²) in [6, 6.07) is 6.48. The highest BCUT2D eigenvalue weighted by Gasteiger charge is 2.11. The second-order valence-electron chi connectivity index (χ2n) is 5.58. The van der Waals surface area contributed by atoms with Gasteiger partial charge in [-0.15, -0.1) is 12.4 Å². The van der Waals surface area contributed by atoms with Gasteiger partial charge in [0, 0.05) is 12.7 Å². The third-order valence-corrected chi connectivity index (χ3v) is 4.67. The van der Waals surface area contributed by atoms with Gasteiger partial charge in [0.25, 0.3) is 0 Å². The van der Waals surface area contributed by atoms with Crippen LogP contribution < -0.4 is 11.1 Å². The summed E-state index contributed by atoms with van der Waals surface area (Å²) >= 11 is 0. The summed E-state index contributed by atoms with van der Waals surface area (Å²) in [6.07, 6.45) is 5.64. The second kappa shape index (κ2) is 10.6. The lowest BCUT2D eigenvalue weighted by molar-refractivity contribution is -0.121. The smallest absolute Gasteiger partial charge is 0.220 e. The van der Waals surface area contributed by atoms with Gasteiger partial charge in [0.2, 0.25) is 5.91 Å². The molecule has 1 rings (SSSR count). The van der Waals surface area contributed by atoms with Crippen LogP contribution in [0, 0.1) is 0 Å². The third-order valence-electron chi connectivity index (χ3n) is 3.54. The molecule has 0 aromatic heterocycles. The van der Waals surface area contributed by atoms with E-state index in [2.05, 4.69) is 5.32 Å². The molecule has 0 aliphatic rings. The van der Waals surface area contributed by atoms with Crippen LogP contribution in [0.2, 0.25) is 0 Å². The van der Waals surface area contributed by atoms with Crippen LogP contribution in [0.3, 0.4) is 0 Å². The summed E-state index contributed by atoms with van der Waals surface area (Å²) in [5, 5.41) is 2.93. The number of rotatable bonds is 9. The Morgan fingerprint density at radius 3 is 2.22 bits per heavy atom. The molecule has 0 saturated carbocycles. The van der Waals surface area contributed by atoms with Crippen molar-refractivity contribution in [2.45, 2.75) is 50.0 Å². The zero-order valence-electron chi connectivity index (χ0n) is 13.7. The Bertz CT molecular complexity index is 573. The molecular formula is C16H27ClN2O3S. The Hall–Kier alpha value is -1.11. The van der Waals surface area contributed by atoms with Crippen molar-refractivity contribution >= 4 is 28.2 Å². The zero-order chi connectivity index (χ0) is 16.6. The number of carbonyl (C=O) groups is 1. The van der Waals surface area contributed by atoms with E-state index in [1.54, 1.807) is 24.3 Å². The molecule has 0 heterocycles. The molecule has 1 aromatic rings. The van der Waals surface area contributed by atoms with Crippen molar-refractivity contribution in [3.8, 4) is 0 Å². The highest BCUT2D eigenvalue weighted by atomic mass is 35.5. The molecule has 23 heavy (non-hydrogen) atoms. The first-order valence-electron chi connectivity index (χ1n) is 7.64. The van der Waals surface area contributed by atoms with Crippen molar-refractivity contribution in [3.63, 3.8) is 0 Å². The second-order valence-corrected chi connectivity index (χ2v) is 7.60. The van der Waals surface area contributed by atoms with E-state index in [9.17, 15) is 13.2 Å². The average molecular weight is 363 g/mol. The minimum Gasteiger partial charge on any atom is -0.350 e. The summed E-state index contributed by atoms with van der Waals surface area (Å²) in [6.45, 7) is 2.59. The monoisotopic (exact) mass is 362 g/mol. The fraction of sp³-hybridized carbons (Fsp3) is 0.562. The topological polar surface area (TPSA) is 89.3 Å². The fourth-order valence-electron chi connectivity index (χ4n) is 2.18. The predicted molar refractivity (Wildman–Crippen MR) is 95.5 cm³/mol. The van der Waals surface area contributed by atoms with Crippen LogP contribution in [0.25, 0.3) is 0 Å². The van der Waals surface area contributed by atoms with Crippen LogP contribution in [0.15, 0.2) is 29.2 Å². The number of halogens is 1. The molecular weight excluding hydrogens is 336 g/mol. The normalized spacial score (nSPS) is 12.3. The SMILES string of the molecule is CC(NC(=O)CCCCCCN)c1ccc(S(C)(=O)=O)cc1.Cl. The number of hydrogen-bond donors (Lipinski definition) is 2. The predicted octanol–water partition coefficient (Wildman–Crippen LogP) is 2.60. The van der Waals surface area contributed by atoms with Gasteiger partial charge in [-0.1, -0.05) is 25.0 Å². The highest BCUT2D eigenvalue weighted by molar-refractivity contribution is 7.90. The van der Waals surface area contributed by atoms with Gasteiger partial charge in [0.15, 0.2) is 9.84 Å². The lowest BCUT2D eigenvalue weighted by Crippen LogP contribution is -2.26. The summed E-state index contributed by atoms with van der Waals surface area (Å²) in [7, 11) is -3.18. The molecule has 0 aliphatic heterocycles. The summed E-state index contributed by atoms with van der Waals surface area (Å²) in [5.41, 5.74) is 6.31. The van der Waals surface area contributed by atoms with Gasteiger partial charge < -0.3 is 11.1 Å². The molecule has 0 aliphatic carbocycles. The van der Waals surface area contributed by atoms with Crippen LogP contribution in [0.5, 0.6) is 0 Å². The van der Waals surface area contributed by atoms with Crippen molar-refractivity contribution < 1.29 is 13.2 Å². The van der Waals surface area contributed by atoms with Gasteiger partial charge in [-0.3, -0.25) is 4.79 Å². The number of carbonyl (C=O) groups excluding carboxylic acids is 1. The number of nitrogens with two attached hydrogens (primary N) is 1. The third kappa shape index (κ3) is 8.34. The van der Waals surface area contributed by atoms with E-state index < -0.39 is 9.84 Å². The molecule has 132 valence electrons. The van der Waals surface area contributed by atoms with Crippen LogP contribution in [-0.2, 0) is 14.6 Å². The van der Waals surface area contributed by atoms with E-state index in [0.717, 1.165) is 31.2 Å². The molecule has 0 fully saturated rings. The maximum atomic E-state index is 11.9. The molecule has 7 heteroatoms. The Morgan fingerprint density at radius 2 is 1.70 bits per heavy atom. The molecule has 5 nitrogen and oxygen atoms in total. The molecule has 1 atom stereocenters. The molecule has 1 aromatic carbocycles. The van der Waals surface area contributed by atoms with Crippen LogP contribution in [0.1, 0.15) is 50.6 Å².